The molecule has 24 heavy (non-hydrogen) atoms. The molecule has 0 aliphatic carbocycles. The van der Waals surface area contributed by atoms with Gasteiger partial charge in [0.25, 0.3) is 5.91 Å². The van der Waals surface area contributed by atoms with Crippen LogP contribution < -0.4 is 5.32 Å². The maximum Gasteiger partial charge on any atom is 0.257 e. The van der Waals surface area contributed by atoms with Gasteiger partial charge in [-0.05, 0) is 35.7 Å². The third kappa shape index (κ3) is 3.55. The number of sulfone groups is 1. The normalized spacial score (nSPS) is 11.4. The maximum absolute atomic E-state index is 12.2. The van der Waals surface area contributed by atoms with E-state index >= 15 is 0 Å². The summed E-state index contributed by atoms with van der Waals surface area (Å²) in [6, 6.07) is 9.83. The largest absolute Gasteiger partial charge is 0.298 e. The molecular formula is C16H14N2O3S3. The van der Waals surface area contributed by atoms with E-state index in [1.807, 2.05) is 22.9 Å². The monoisotopic (exact) mass is 378 g/mol. The van der Waals surface area contributed by atoms with Crippen molar-refractivity contribution in [3.05, 3.63) is 52.7 Å². The molecule has 0 fully saturated rings. The summed E-state index contributed by atoms with van der Waals surface area (Å²) in [5, 5.41) is 7.10. The van der Waals surface area contributed by atoms with Crippen LogP contribution in [0.15, 0.2) is 52.1 Å². The molecule has 2 aromatic heterocycles. The zero-order valence-corrected chi connectivity index (χ0v) is 15.2. The lowest BCUT2D eigenvalue weighted by atomic mass is 10.2. The predicted octanol–water partition coefficient (Wildman–Crippen LogP) is 3.92. The first kappa shape index (κ1) is 16.8. The molecular weight excluding hydrogens is 364 g/mol. The highest BCUT2D eigenvalue weighted by molar-refractivity contribution is 7.91. The van der Waals surface area contributed by atoms with Crippen LogP contribution in [0, 0.1) is 0 Å². The van der Waals surface area contributed by atoms with Crippen LogP contribution in [0.25, 0.3) is 10.6 Å². The van der Waals surface area contributed by atoms with Crippen LogP contribution in [0.2, 0.25) is 0 Å². The van der Waals surface area contributed by atoms with Gasteiger partial charge in [-0.3, -0.25) is 10.1 Å². The van der Waals surface area contributed by atoms with Crippen molar-refractivity contribution >= 4 is 43.5 Å². The van der Waals surface area contributed by atoms with Gasteiger partial charge in [0.2, 0.25) is 0 Å². The van der Waals surface area contributed by atoms with Gasteiger partial charge in [-0.15, -0.1) is 22.7 Å². The van der Waals surface area contributed by atoms with E-state index in [1.165, 1.54) is 35.6 Å². The molecule has 5 nitrogen and oxygen atoms in total. The van der Waals surface area contributed by atoms with Gasteiger partial charge in [-0.25, -0.2) is 13.4 Å². The molecule has 124 valence electrons. The lowest BCUT2D eigenvalue weighted by molar-refractivity contribution is 0.102. The summed E-state index contributed by atoms with van der Waals surface area (Å²) in [5.74, 6) is -0.286. The molecule has 3 aromatic rings. The summed E-state index contributed by atoms with van der Waals surface area (Å²) in [4.78, 5) is 17.9. The van der Waals surface area contributed by atoms with Crippen molar-refractivity contribution in [3.63, 3.8) is 0 Å². The molecule has 0 atom stereocenters. The first-order valence-electron chi connectivity index (χ1n) is 7.13. The number of aromatic nitrogens is 1. The fraction of sp³-hybridized carbons (Fsp3) is 0.125. The molecule has 0 bridgehead atoms. The van der Waals surface area contributed by atoms with Crippen molar-refractivity contribution in [3.8, 4) is 10.6 Å². The minimum Gasteiger partial charge on any atom is -0.298 e. The van der Waals surface area contributed by atoms with E-state index in [0.717, 1.165) is 10.6 Å². The number of thiophene rings is 1. The van der Waals surface area contributed by atoms with Crippen molar-refractivity contribution in [1.82, 2.24) is 4.98 Å². The van der Waals surface area contributed by atoms with Crippen molar-refractivity contribution < 1.29 is 13.2 Å². The molecule has 3 rings (SSSR count). The van der Waals surface area contributed by atoms with Crippen molar-refractivity contribution in [2.75, 3.05) is 11.1 Å². The second-order valence-electron chi connectivity index (χ2n) is 4.90. The van der Waals surface area contributed by atoms with E-state index in [-0.39, 0.29) is 16.6 Å². The number of nitrogens with zero attached hydrogens (tertiary/aromatic N) is 1. The number of anilines is 1. The van der Waals surface area contributed by atoms with Gasteiger partial charge in [0.05, 0.1) is 21.2 Å². The highest BCUT2D eigenvalue weighted by Gasteiger charge is 2.14. The van der Waals surface area contributed by atoms with E-state index < -0.39 is 9.84 Å². The number of hydrogen-bond donors (Lipinski definition) is 1. The van der Waals surface area contributed by atoms with Gasteiger partial charge >= 0.3 is 0 Å². The Morgan fingerprint density at radius 1 is 1.17 bits per heavy atom. The van der Waals surface area contributed by atoms with Crippen LogP contribution in [-0.4, -0.2) is 25.1 Å². The fourth-order valence-corrected chi connectivity index (χ4v) is 4.37. The zero-order valence-electron chi connectivity index (χ0n) is 12.7. The minimum atomic E-state index is -3.26. The van der Waals surface area contributed by atoms with E-state index in [9.17, 15) is 13.2 Å². The molecule has 2 heterocycles. The number of thiazole rings is 1. The number of nitrogens with one attached hydrogen (secondary N) is 1. The number of rotatable bonds is 5. The van der Waals surface area contributed by atoms with Gasteiger partial charge in [0.15, 0.2) is 15.0 Å². The third-order valence-electron chi connectivity index (χ3n) is 3.35. The predicted molar refractivity (Wildman–Crippen MR) is 97.5 cm³/mol. The number of amides is 1. The Balaban J connectivity index is 1.73. The van der Waals surface area contributed by atoms with Crippen molar-refractivity contribution in [2.45, 2.75) is 11.8 Å². The number of benzene rings is 1. The Morgan fingerprint density at radius 3 is 2.54 bits per heavy atom. The Hall–Kier alpha value is -2.03. The topological polar surface area (TPSA) is 76.1 Å². The maximum atomic E-state index is 12.2. The van der Waals surface area contributed by atoms with Crippen LogP contribution in [0.4, 0.5) is 5.13 Å². The average molecular weight is 378 g/mol. The van der Waals surface area contributed by atoms with Crippen molar-refractivity contribution in [1.29, 1.82) is 0 Å². The number of carbonyl (C=O) groups is 1. The Labute approximate surface area is 147 Å². The quantitative estimate of drug-likeness (QED) is 0.730. The molecule has 0 saturated heterocycles. The average Bonchev–Trinajstić information content (AvgIpc) is 3.26. The molecule has 1 aromatic carbocycles. The van der Waals surface area contributed by atoms with E-state index in [2.05, 4.69) is 10.3 Å². The lowest BCUT2D eigenvalue weighted by Crippen LogP contribution is -2.12. The zero-order chi connectivity index (χ0) is 17.2. The van der Waals surface area contributed by atoms with Crippen LogP contribution in [0.3, 0.4) is 0 Å². The van der Waals surface area contributed by atoms with Crippen LogP contribution in [0.5, 0.6) is 0 Å². The standard InChI is InChI=1S/C16H14N2O3S3/c1-2-24(20,21)12-7-5-11(6-8-12)15(19)18-16-17-13(10-23-16)14-4-3-9-22-14/h3-10H,2H2,1H3,(H,17,18,19). The van der Waals surface area contributed by atoms with Crippen LogP contribution in [0.1, 0.15) is 17.3 Å². The fourth-order valence-electron chi connectivity index (χ4n) is 2.02. The van der Waals surface area contributed by atoms with Gasteiger partial charge in [0.1, 0.15) is 0 Å². The van der Waals surface area contributed by atoms with Crippen LogP contribution >= 0.6 is 22.7 Å². The number of hydrogen-bond acceptors (Lipinski definition) is 6. The summed E-state index contributed by atoms with van der Waals surface area (Å²) in [7, 11) is -3.26. The van der Waals surface area contributed by atoms with Gasteiger partial charge in [-0.2, -0.15) is 0 Å². The SMILES string of the molecule is CCS(=O)(=O)c1ccc(C(=O)Nc2nc(-c3cccs3)cs2)cc1. The summed E-state index contributed by atoms with van der Waals surface area (Å²) < 4.78 is 23.6. The lowest BCUT2D eigenvalue weighted by Gasteiger charge is -2.04. The highest BCUT2D eigenvalue weighted by atomic mass is 32.2. The highest BCUT2D eigenvalue weighted by Crippen LogP contribution is 2.28. The smallest absolute Gasteiger partial charge is 0.257 e. The van der Waals surface area contributed by atoms with E-state index in [1.54, 1.807) is 18.3 Å². The molecule has 1 amide bonds. The summed E-state index contributed by atoms with van der Waals surface area (Å²) in [5.41, 5.74) is 1.22. The summed E-state index contributed by atoms with van der Waals surface area (Å²) in [6.07, 6.45) is 0. The molecule has 0 unspecified atom stereocenters. The second kappa shape index (κ2) is 6.84. The Bertz CT molecular complexity index is 943. The Morgan fingerprint density at radius 2 is 1.92 bits per heavy atom. The van der Waals surface area contributed by atoms with E-state index in [4.69, 9.17) is 0 Å². The molecule has 0 saturated carbocycles. The van der Waals surface area contributed by atoms with Crippen LogP contribution in [-0.2, 0) is 9.84 Å². The Kier molecular flexibility index (Phi) is 4.79. The molecule has 1 N–H and O–H groups in total. The minimum absolute atomic E-state index is 0.0309. The molecule has 0 aliphatic rings. The molecule has 0 radical (unpaired) electrons. The first-order chi connectivity index (χ1) is 11.5. The van der Waals surface area contributed by atoms with Gasteiger partial charge < -0.3 is 0 Å². The van der Waals surface area contributed by atoms with Gasteiger partial charge in [0, 0.05) is 10.9 Å². The summed E-state index contributed by atoms with van der Waals surface area (Å²) in [6.45, 7) is 1.59. The number of carbonyl (C=O) groups excluding carboxylic acids is 1. The first-order valence-corrected chi connectivity index (χ1v) is 10.5. The molecule has 0 spiro atoms. The van der Waals surface area contributed by atoms with Crippen molar-refractivity contribution in [2.24, 2.45) is 0 Å². The van der Waals surface area contributed by atoms with E-state index in [0.29, 0.717) is 10.7 Å². The molecule has 0 aliphatic heterocycles. The second-order valence-corrected chi connectivity index (χ2v) is 8.98. The third-order valence-corrected chi connectivity index (χ3v) is 6.75. The molecule has 8 heteroatoms. The van der Waals surface area contributed by atoms with Gasteiger partial charge in [-0.1, -0.05) is 13.0 Å². The summed E-state index contributed by atoms with van der Waals surface area (Å²) >= 11 is 2.93.